The van der Waals surface area contributed by atoms with E-state index in [1.807, 2.05) is 6.20 Å². The molecule has 14 heavy (non-hydrogen) atoms. The van der Waals surface area contributed by atoms with E-state index in [2.05, 4.69) is 16.8 Å². The van der Waals surface area contributed by atoms with Crippen molar-refractivity contribution >= 4 is 16.5 Å². The van der Waals surface area contributed by atoms with E-state index >= 15 is 0 Å². The van der Waals surface area contributed by atoms with Crippen LogP contribution in [0.3, 0.4) is 0 Å². The van der Waals surface area contributed by atoms with Crippen LogP contribution in [0.2, 0.25) is 0 Å². The number of nitrogens with two attached hydrogens (primary N) is 1. The van der Waals surface area contributed by atoms with E-state index < -0.39 is 0 Å². The number of rotatable bonds is 4. The van der Waals surface area contributed by atoms with E-state index in [1.165, 1.54) is 24.1 Å². The highest BCUT2D eigenvalue weighted by atomic mass is 32.1. The van der Waals surface area contributed by atoms with Crippen molar-refractivity contribution in [3.05, 3.63) is 11.1 Å². The van der Waals surface area contributed by atoms with Gasteiger partial charge in [0.15, 0.2) is 5.13 Å². The summed E-state index contributed by atoms with van der Waals surface area (Å²) in [5.41, 5.74) is 5.61. The lowest BCUT2D eigenvalue weighted by Crippen LogP contribution is -2.39. The minimum absolute atomic E-state index is 0.685. The van der Waals surface area contributed by atoms with Crippen molar-refractivity contribution in [1.29, 1.82) is 0 Å². The summed E-state index contributed by atoms with van der Waals surface area (Å²) in [5.74, 6) is 0. The number of anilines is 1. The second-order valence-electron chi connectivity index (χ2n) is 3.81. The molecule has 0 amide bonds. The molecule has 0 saturated heterocycles. The minimum atomic E-state index is 0.685. The summed E-state index contributed by atoms with van der Waals surface area (Å²) in [6.07, 6.45) is 6.03. The van der Waals surface area contributed by atoms with Gasteiger partial charge in [0.25, 0.3) is 0 Å². The minimum Gasteiger partial charge on any atom is -0.375 e. The zero-order chi connectivity index (χ0) is 9.97. The van der Waals surface area contributed by atoms with Gasteiger partial charge in [-0.1, -0.05) is 13.3 Å². The first-order valence-electron chi connectivity index (χ1n) is 5.24. The second-order valence-corrected chi connectivity index (χ2v) is 4.96. The van der Waals surface area contributed by atoms with Crippen LogP contribution in [0.5, 0.6) is 0 Å². The Morgan fingerprint density at radius 1 is 1.64 bits per heavy atom. The highest BCUT2D eigenvalue weighted by Gasteiger charge is 2.23. The van der Waals surface area contributed by atoms with Crippen molar-refractivity contribution in [1.82, 2.24) is 9.88 Å². The predicted molar refractivity (Wildman–Crippen MR) is 60.2 cm³/mol. The average Bonchev–Trinajstić information content (AvgIpc) is 2.47. The van der Waals surface area contributed by atoms with Crippen LogP contribution in [0, 0.1) is 0 Å². The molecule has 0 aromatic carbocycles. The van der Waals surface area contributed by atoms with Crippen LogP contribution in [0.25, 0.3) is 0 Å². The smallest absolute Gasteiger partial charge is 0.180 e. The van der Waals surface area contributed by atoms with Crippen LogP contribution in [-0.4, -0.2) is 22.5 Å². The van der Waals surface area contributed by atoms with Gasteiger partial charge in [-0.05, 0) is 19.4 Å². The van der Waals surface area contributed by atoms with Crippen molar-refractivity contribution in [2.45, 2.75) is 38.8 Å². The molecule has 1 heterocycles. The largest absolute Gasteiger partial charge is 0.375 e. The van der Waals surface area contributed by atoms with Crippen molar-refractivity contribution in [3.63, 3.8) is 0 Å². The molecule has 1 aliphatic carbocycles. The van der Waals surface area contributed by atoms with E-state index in [9.17, 15) is 0 Å². The third kappa shape index (κ3) is 2.07. The summed E-state index contributed by atoms with van der Waals surface area (Å²) in [5, 5.41) is 0.685. The standard InChI is InChI=1S/C10H17N3S/c1-2-13(8-4-3-5-8)7-9-6-12-10(11)14-9/h6,8H,2-5,7H2,1H3,(H2,11,12). The first kappa shape index (κ1) is 9.93. The number of hydrogen-bond donors (Lipinski definition) is 1. The molecule has 1 fully saturated rings. The van der Waals surface area contributed by atoms with Gasteiger partial charge in [0, 0.05) is 23.7 Å². The summed E-state index contributed by atoms with van der Waals surface area (Å²) >= 11 is 1.61. The first-order valence-corrected chi connectivity index (χ1v) is 6.05. The number of aromatic nitrogens is 1. The van der Waals surface area contributed by atoms with Crippen LogP contribution in [0.4, 0.5) is 5.13 Å². The molecule has 1 aromatic heterocycles. The van der Waals surface area contributed by atoms with Gasteiger partial charge in [0.05, 0.1) is 0 Å². The molecular formula is C10H17N3S. The molecule has 2 N–H and O–H groups in total. The Kier molecular flexibility index (Phi) is 3.03. The molecule has 78 valence electrons. The molecule has 1 aliphatic rings. The number of nitrogen functional groups attached to an aromatic ring is 1. The van der Waals surface area contributed by atoms with E-state index in [1.54, 1.807) is 11.3 Å². The number of nitrogens with zero attached hydrogens (tertiary/aromatic N) is 2. The molecule has 0 bridgehead atoms. The molecule has 3 nitrogen and oxygen atoms in total. The van der Waals surface area contributed by atoms with Crippen LogP contribution in [0.15, 0.2) is 6.20 Å². The van der Waals surface area contributed by atoms with Gasteiger partial charge in [-0.2, -0.15) is 0 Å². The number of hydrogen-bond acceptors (Lipinski definition) is 4. The second kappa shape index (κ2) is 4.28. The fraction of sp³-hybridized carbons (Fsp3) is 0.700. The fourth-order valence-corrected chi connectivity index (χ4v) is 2.56. The van der Waals surface area contributed by atoms with Gasteiger partial charge >= 0.3 is 0 Å². The Bertz CT molecular complexity index is 293. The molecule has 0 aliphatic heterocycles. The quantitative estimate of drug-likeness (QED) is 0.829. The molecule has 0 unspecified atom stereocenters. The molecule has 0 spiro atoms. The van der Waals surface area contributed by atoms with Crippen molar-refractivity contribution in [2.24, 2.45) is 0 Å². The van der Waals surface area contributed by atoms with Gasteiger partial charge in [-0.15, -0.1) is 11.3 Å². The molecule has 0 radical (unpaired) electrons. The van der Waals surface area contributed by atoms with Crippen molar-refractivity contribution < 1.29 is 0 Å². The van der Waals surface area contributed by atoms with Gasteiger partial charge in [0.1, 0.15) is 0 Å². The highest BCUT2D eigenvalue weighted by Crippen LogP contribution is 2.27. The summed E-state index contributed by atoms with van der Waals surface area (Å²) in [6.45, 7) is 4.38. The third-order valence-corrected chi connectivity index (χ3v) is 3.74. The number of thiazole rings is 1. The lowest BCUT2D eigenvalue weighted by Gasteiger charge is -2.36. The molecule has 4 heteroatoms. The maximum Gasteiger partial charge on any atom is 0.180 e. The monoisotopic (exact) mass is 211 g/mol. The Morgan fingerprint density at radius 2 is 2.43 bits per heavy atom. The van der Waals surface area contributed by atoms with Crippen LogP contribution < -0.4 is 5.73 Å². The predicted octanol–water partition coefficient (Wildman–Crippen LogP) is 2.10. The first-order chi connectivity index (χ1) is 6.79. The van der Waals surface area contributed by atoms with E-state index in [-0.39, 0.29) is 0 Å². The normalized spacial score (nSPS) is 17.3. The molecule has 0 atom stereocenters. The fourth-order valence-electron chi connectivity index (χ4n) is 1.85. The van der Waals surface area contributed by atoms with E-state index in [4.69, 9.17) is 5.73 Å². The average molecular weight is 211 g/mol. The maximum atomic E-state index is 5.61. The molecule has 1 aromatic rings. The molecule has 2 rings (SSSR count). The van der Waals surface area contributed by atoms with Gasteiger partial charge in [-0.3, -0.25) is 4.90 Å². The Balaban J connectivity index is 1.93. The van der Waals surface area contributed by atoms with Crippen molar-refractivity contribution in [3.8, 4) is 0 Å². The Labute approximate surface area is 88.9 Å². The van der Waals surface area contributed by atoms with Crippen LogP contribution in [0.1, 0.15) is 31.1 Å². The third-order valence-electron chi connectivity index (χ3n) is 2.93. The molecule has 1 saturated carbocycles. The van der Waals surface area contributed by atoms with Crippen molar-refractivity contribution in [2.75, 3.05) is 12.3 Å². The van der Waals surface area contributed by atoms with E-state index in [0.717, 1.165) is 19.1 Å². The maximum absolute atomic E-state index is 5.61. The Hall–Kier alpha value is -0.610. The molecular weight excluding hydrogens is 194 g/mol. The summed E-state index contributed by atoms with van der Waals surface area (Å²) in [7, 11) is 0. The summed E-state index contributed by atoms with van der Waals surface area (Å²) in [6, 6.07) is 0.809. The van der Waals surface area contributed by atoms with Crippen LogP contribution >= 0.6 is 11.3 Å². The zero-order valence-corrected chi connectivity index (χ0v) is 9.39. The summed E-state index contributed by atoms with van der Waals surface area (Å²) < 4.78 is 0. The highest BCUT2D eigenvalue weighted by molar-refractivity contribution is 7.15. The Morgan fingerprint density at radius 3 is 2.86 bits per heavy atom. The SMILES string of the molecule is CCN(Cc1cnc(N)s1)C1CCC1. The topological polar surface area (TPSA) is 42.2 Å². The van der Waals surface area contributed by atoms with Gasteiger partial charge in [0.2, 0.25) is 0 Å². The summed E-state index contributed by atoms with van der Waals surface area (Å²) in [4.78, 5) is 7.89. The van der Waals surface area contributed by atoms with E-state index in [0.29, 0.717) is 5.13 Å². The van der Waals surface area contributed by atoms with Gasteiger partial charge < -0.3 is 5.73 Å². The van der Waals surface area contributed by atoms with Gasteiger partial charge in [-0.25, -0.2) is 4.98 Å². The van der Waals surface area contributed by atoms with Crippen LogP contribution in [-0.2, 0) is 6.54 Å². The lowest BCUT2D eigenvalue weighted by molar-refractivity contribution is 0.127. The zero-order valence-electron chi connectivity index (χ0n) is 8.57. The lowest BCUT2D eigenvalue weighted by atomic mass is 9.91.